The number of hydrogen-bond donors (Lipinski definition) is 3. The van der Waals surface area contributed by atoms with Crippen molar-refractivity contribution in [2.24, 2.45) is 0 Å². The molecule has 1 saturated heterocycles. The normalized spacial score (nSPS) is 22.7. The number of amides is 2. The number of hydrogen-bond acceptors (Lipinski definition) is 4. The number of nitrogens with zero attached hydrogens (tertiary/aromatic N) is 1. The highest BCUT2D eigenvalue weighted by Gasteiger charge is 2.23. The Balaban J connectivity index is 2.35. The van der Waals surface area contributed by atoms with Crippen molar-refractivity contribution in [2.45, 2.75) is 6.04 Å². The van der Waals surface area contributed by atoms with Gasteiger partial charge in [0.1, 0.15) is 6.04 Å². The minimum Gasteiger partial charge on any atom is -0.353 e. The van der Waals surface area contributed by atoms with Gasteiger partial charge < -0.3 is 5.32 Å². The third-order valence-electron chi connectivity index (χ3n) is 1.66. The average molecular weight is 186 g/mol. The van der Waals surface area contributed by atoms with E-state index in [1.807, 2.05) is 0 Å². The third kappa shape index (κ3) is 3.00. The molecule has 0 aliphatic carbocycles. The molecule has 6 heteroatoms. The second-order valence-electron chi connectivity index (χ2n) is 3.11. The average Bonchev–Trinajstić information content (AvgIpc) is 2.04. The summed E-state index contributed by atoms with van der Waals surface area (Å²) in [5.74, 6) is -0.209. The van der Waals surface area contributed by atoms with Gasteiger partial charge in [-0.3, -0.25) is 20.3 Å². The van der Waals surface area contributed by atoms with Crippen molar-refractivity contribution in [1.82, 2.24) is 21.1 Å². The number of nitrogens with one attached hydrogen (secondary N) is 3. The molecule has 1 heterocycles. The molecule has 0 saturated carbocycles. The summed E-state index contributed by atoms with van der Waals surface area (Å²) in [6.07, 6.45) is 0. The van der Waals surface area contributed by atoms with Gasteiger partial charge in [-0.15, -0.1) is 0 Å². The lowest BCUT2D eigenvalue weighted by Gasteiger charge is -2.24. The molecule has 0 aromatic carbocycles. The molecule has 1 unspecified atom stereocenters. The van der Waals surface area contributed by atoms with Crippen molar-refractivity contribution in [3.63, 3.8) is 0 Å². The first-order valence-corrected chi connectivity index (χ1v) is 4.07. The minimum absolute atomic E-state index is 0.0751. The zero-order chi connectivity index (χ0) is 9.84. The quantitative estimate of drug-likeness (QED) is 0.423. The summed E-state index contributed by atoms with van der Waals surface area (Å²) in [5, 5.41) is 7.00. The fourth-order valence-corrected chi connectivity index (χ4v) is 1.05. The summed E-state index contributed by atoms with van der Waals surface area (Å²) in [4.78, 5) is 22.1. The van der Waals surface area contributed by atoms with Gasteiger partial charge >= 0.3 is 0 Å². The van der Waals surface area contributed by atoms with Gasteiger partial charge in [0.25, 0.3) is 5.91 Å². The molecule has 3 N–H and O–H groups in total. The highest BCUT2D eigenvalue weighted by Crippen LogP contribution is 1.88. The van der Waals surface area contributed by atoms with E-state index in [-0.39, 0.29) is 24.4 Å². The Bertz CT molecular complexity index is 207. The van der Waals surface area contributed by atoms with Crippen LogP contribution in [0.15, 0.2) is 0 Å². The standard InChI is InChI=1S/C7H14N4O2/c1-11(2)10-7(13)5-3-9-6(12)4-8-5/h5,8H,3-4H2,1-2H3,(H,9,12)(H,10,13). The molecule has 0 aromatic rings. The van der Waals surface area contributed by atoms with E-state index < -0.39 is 0 Å². The first kappa shape index (κ1) is 9.94. The Kier molecular flexibility index (Phi) is 3.21. The molecule has 1 aliphatic rings. The summed E-state index contributed by atoms with van der Waals surface area (Å²) in [7, 11) is 3.47. The van der Waals surface area contributed by atoms with Gasteiger partial charge in [-0.25, -0.2) is 5.01 Å². The summed E-state index contributed by atoms with van der Waals surface area (Å²) in [6.45, 7) is 0.546. The largest absolute Gasteiger partial charge is 0.353 e. The highest BCUT2D eigenvalue weighted by atomic mass is 16.2. The first-order valence-electron chi connectivity index (χ1n) is 4.07. The second-order valence-corrected chi connectivity index (χ2v) is 3.11. The van der Waals surface area contributed by atoms with Crippen molar-refractivity contribution in [3.8, 4) is 0 Å². The molecule has 0 spiro atoms. The van der Waals surface area contributed by atoms with Gasteiger partial charge in [0.15, 0.2) is 0 Å². The molecule has 0 bridgehead atoms. The van der Waals surface area contributed by atoms with Gasteiger partial charge in [-0.1, -0.05) is 0 Å². The highest BCUT2D eigenvalue weighted by molar-refractivity contribution is 5.86. The van der Waals surface area contributed by atoms with E-state index in [2.05, 4.69) is 16.1 Å². The summed E-state index contributed by atoms with van der Waals surface area (Å²) in [5.41, 5.74) is 2.61. The van der Waals surface area contributed by atoms with E-state index in [0.717, 1.165) is 0 Å². The Hall–Kier alpha value is -1.14. The lowest BCUT2D eigenvalue weighted by Crippen LogP contribution is -2.59. The summed E-state index contributed by atoms with van der Waals surface area (Å²) in [6, 6.07) is -0.333. The van der Waals surface area contributed by atoms with Crippen LogP contribution in [0.5, 0.6) is 0 Å². The number of carbonyl (C=O) groups excluding carboxylic acids is 2. The molecule has 74 valence electrons. The molecular formula is C7H14N4O2. The lowest BCUT2D eigenvalue weighted by molar-refractivity contribution is -0.129. The van der Waals surface area contributed by atoms with E-state index >= 15 is 0 Å². The van der Waals surface area contributed by atoms with E-state index in [0.29, 0.717) is 6.54 Å². The maximum atomic E-state index is 11.3. The summed E-state index contributed by atoms with van der Waals surface area (Å²) >= 11 is 0. The lowest BCUT2D eigenvalue weighted by atomic mass is 10.2. The predicted molar refractivity (Wildman–Crippen MR) is 46.6 cm³/mol. The SMILES string of the molecule is CN(C)NC(=O)C1CNC(=O)CN1. The van der Waals surface area contributed by atoms with Crippen molar-refractivity contribution < 1.29 is 9.59 Å². The van der Waals surface area contributed by atoms with Crippen LogP contribution >= 0.6 is 0 Å². The molecule has 1 fully saturated rings. The van der Waals surface area contributed by atoms with Gasteiger partial charge in [0, 0.05) is 20.6 Å². The maximum absolute atomic E-state index is 11.3. The monoisotopic (exact) mass is 186 g/mol. The van der Waals surface area contributed by atoms with E-state index in [4.69, 9.17) is 0 Å². The van der Waals surface area contributed by atoms with Gasteiger partial charge in [-0.2, -0.15) is 0 Å². The van der Waals surface area contributed by atoms with Crippen LogP contribution in [0.4, 0.5) is 0 Å². The molecule has 6 nitrogen and oxygen atoms in total. The molecule has 1 atom stereocenters. The number of rotatable bonds is 2. The predicted octanol–water partition coefficient (Wildman–Crippen LogP) is -2.33. The maximum Gasteiger partial charge on any atom is 0.253 e. The topological polar surface area (TPSA) is 73.5 Å². The van der Waals surface area contributed by atoms with Crippen molar-refractivity contribution in [3.05, 3.63) is 0 Å². The van der Waals surface area contributed by atoms with Crippen LogP contribution in [0, 0.1) is 0 Å². The van der Waals surface area contributed by atoms with Crippen molar-refractivity contribution in [1.29, 1.82) is 0 Å². The Morgan fingerprint density at radius 1 is 1.62 bits per heavy atom. The van der Waals surface area contributed by atoms with Gasteiger partial charge in [0.05, 0.1) is 6.54 Å². The molecule has 2 amide bonds. The van der Waals surface area contributed by atoms with Crippen LogP contribution in [0.3, 0.4) is 0 Å². The van der Waals surface area contributed by atoms with Crippen LogP contribution in [-0.2, 0) is 9.59 Å². The van der Waals surface area contributed by atoms with Crippen LogP contribution < -0.4 is 16.1 Å². The second kappa shape index (κ2) is 4.20. The minimum atomic E-state index is -0.333. The molecule has 1 aliphatic heterocycles. The van der Waals surface area contributed by atoms with Gasteiger partial charge in [0.2, 0.25) is 5.91 Å². The molecule has 0 radical (unpaired) electrons. The zero-order valence-corrected chi connectivity index (χ0v) is 7.76. The number of hydrazine groups is 1. The Morgan fingerprint density at radius 2 is 2.31 bits per heavy atom. The third-order valence-corrected chi connectivity index (χ3v) is 1.66. The van der Waals surface area contributed by atoms with Crippen LogP contribution in [0.2, 0.25) is 0 Å². The smallest absolute Gasteiger partial charge is 0.253 e. The van der Waals surface area contributed by atoms with E-state index in [9.17, 15) is 9.59 Å². The van der Waals surface area contributed by atoms with Crippen LogP contribution in [0.25, 0.3) is 0 Å². The molecular weight excluding hydrogens is 172 g/mol. The Labute approximate surface area is 76.6 Å². The van der Waals surface area contributed by atoms with Crippen molar-refractivity contribution >= 4 is 11.8 Å². The zero-order valence-electron chi connectivity index (χ0n) is 7.76. The van der Waals surface area contributed by atoms with Crippen LogP contribution in [0.1, 0.15) is 0 Å². The molecule has 13 heavy (non-hydrogen) atoms. The van der Waals surface area contributed by atoms with E-state index in [1.165, 1.54) is 0 Å². The number of carbonyl (C=O) groups is 2. The fourth-order valence-electron chi connectivity index (χ4n) is 1.05. The first-order chi connectivity index (χ1) is 6.09. The Morgan fingerprint density at radius 3 is 2.77 bits per heavy atom. The molecule has 0 aromatic heterocycles. The van der Waals surface area contributed by atoms with E-state index in [1.54, 1.807) is 19.1 Å². The number of piperazine rings is 1. The summed E-state index contributed by atoms with van der Waals surface area (Å²) < 4.78 is 0. The molecule has 1 rings (SSSR count). The fraction of sp³-hybridized carbons (Fsp3) is 0.714. The van der Waals surface area contributed by atoms with Crippen LogP contribution in [-0.4, -0.2) is 50.0 Å². The van der Waals surface area contributed by atoms with Crippen molar-refractivity contribution in [2.75, 3.05) is 27.2 Å². The van der Waals surface area contributed by atoms with Gasteiger partial charge in [-0.05, 0) is 0 Å².